The summed E-state index contributed by atoms with van der Waals surface area (Å²) in [5.74, 6) is 0.929. The smallest absolute Gasteiger partial charge is 0.302 e. The second-order valence-corrected chi connectivity index (χ2v) is 6.64. The van der Waals surface area contributed by atoms with Crippen molar-refractivity contribution >= 4 is 16.0 Å². The zero-order valence-electron chi connectivity index (χ0n) is 11.7. The highest BCUT2D eigenvalue weighted by Crippen LogP contribution is 2.19. The highest BCUT2D eigenvalue weighted by Gasteiger charge is 2.27. The van der Waals surface area contributed by atoms with Gasteiger partial charge in [0.1, 0.15) is 5.82 Å². The molecule has 7 heteroatoms. The molecule has 1 aliphatic heterocycles. The predicted molar refractivity (Wildman–Crippen MR) is 79.6 cm³/mol. The van der Waals surface area contributed by atoms with Crippen LogP contribution in [0.3, 0.4) is 0 Å². The lowest BCUT2D eigenvalue weighted by atomic mass is 9.98. The normalized spacial score (nSPS) is 18.1. The van der Waals surface area contributed by atoms with Gasteiger partial charge in [0.2, 0.25) is 0 Å². The van der Waals surface area contributed by atoms with Crippen molar-refractivity contribution in [2.75, 3.05) is 30.9 Å². The predicted octanol–water partition coefficient (Wildman–Crippen LogP) is 1.06. The first-order valence-electron chi connectivity index (χ1n) is 7.01. The summed E-state index contributed by atoms with van der Waals surface area (Å²) in [6.45, 7) is 5.14. The molecule has 2 rings (SSSR count). The van der Waals surface area contributed by atoms with Crippen LogP contribution in [-0.4, -0.2) is 43.9 Å². The molecule has 0 atom stereocenters. The molecule has 0 spiro atoms. The van der Waals surface area contributed by atoms with E-state index in [1.807, 2.05) is 0 Å². The third kappa shape index (κ3) is 4.16. The Balaban J connectivity index is 1.89. The summed E-state index contributed by atoms with van der Waals surface area (Å²) in [5, 5.41) is 3.32. The van der Waals surface area contributed by atoms with Crippen LogP contribution in [0.5, 0.6) is 0 Å². The number of hydrogen-bond acceptors (Lipinski definition) is 4. The number of aromatic nitrogens is 1. The molecule has 20 heavy (non-hydrogen) atoms. The average molecular weight is 298 g/mol. The maximum absolute atomic E-state index is 12.2. The van der Waals surface area contributed by atoms with Crippen LogP contribution in [0.25, 0.3) is 0 Å². The van der Waals surface area contributed by atoms with Gasteiger partial charge >= 0.3 is 10.2 Å². The molecule has 1 aliphatic rings. The van der Waals surface area contributed by atoms with E-state index in [9.17, 15) is 8.42 Å². The molecule has 0 amide bonds. The molecule has 0 aromatic carbocycles. The van der Waals surface area contributed by atoms with E-state index in [-0.39, 0.29) is 0 Å². The fraction of sp³-hybridized carbons (Fsp3) is 0.615. The minimum atomic E-state index is -3.48. The minimum absolute atomic E-state index is 0.363. The lowest BCUT2D eigenvalue weighted by Crippen LogP contribution is -2.43. The average Bonchev–Trinajstić information content (AvgIpc) is 2.46. The molecular formula is C13H22N4O2S. The second-order valence-electron chi connectivity index (χ2n) is 4.97. The van der Waals surface area contributed by atoms with E-state index in [2.05, 4.69) is 21.9 Å². The van der Waals surface area contributed by atoms with Crippen LogP contribution in [0.2, 0.25) is 0 Å². The summed E-state index contributed by atoms with van der Waals surface area (Å²) in [6.07, 6.45) is 3.37. The minimum Gasteiger partial charge on any atom is -0.317 e. The summed E-state index contributed by atoms with van der Waals surface area (Å²) in [6, 6.07) is 5.16. The maximum atomic E-state index is 12.2. The number of hydrogen-bond donors (Lipinski definition) is 2. The number of pyridine rings is 1. The SMILES string of the molecule is CCNCC1CCN(S(=O)(=O)Nc2ccccn2)CC1. The standard InChI is InChI=1S/C13H22N4O2S/c1-2-14-11-12-6-9-17(10-7-12)20(18,19)16-13-5-3-4-8-15-13/h3-5,8,12,14H,2,6-7,9-11H2,1H3,(H,15,16). The molecule has 2 N–H and O–H groups in total. The van der Waals surface area contributed by atoms with E-state index < -0.39 is 10.2 Å². The van der Waals surface area contributed by atoms with Crippen LogP contribution < -0.4 is 10.0 Å². The maximum Gasteiger partial charge on any atom is 0.302 e. The van der Waals surface area contributed by atoms with Crippen molar-refractivity contribution in [3.63, 3.8) is 0 Å². The number of piperidine rings is 1. The zero-order valence-corrected chi connectivity index (χ0v) is 12.6. The molecule has 1 saturated heterocycles. The van der Waals surface area contributed by atoms with Crippen LogP contribution in [-0.2, 0) is 10.2 Å². The molecule has 1 aromatic heterocycles. The van der Waals surface area contributed by atoms with Gasteiger partial charge < -0.3 is 5.32 Å². The molecule has 0 unspecified atom stereocenters. The molecular weight excluding hydrogens is 276 g/mol. The van der Waals surface area contributed by atoms with Crippen molar-refractivity contribution in [1.82, 2.24) is 14.6 Å². The number of nitrogens with one attached hydrogen (secondary N) is 2. The van der Waals surface area contributed by atoms with E-state index in [0.717, 1.165) is 25.9 Å². The van der Waals surface area contributed by atoms with Crippen molar-refractivity contribution in [2.24, 2.45) is 5.92 Å². The Morgan fingerprint density at radius 1 is 1.35 bits per heavy atom. The van der Waals surface area contributed by atoms with Gasteiger partial charge in [0, 0.05) is 19.3 Å². The van der Waals surface area contributed by atoms with Gasteiger partial charge in [-0.05, 0) is 44.0 Å². The van der Waals surface area contributed by atoms with E-state index >= 15 is 0 Å². The number of anilines is 1. The molecule has 6 nitrogen and oxygen atoms in total. The van der Waals surface area contributed by atoms with Gasteiger partial charge in [0.25, 0.3) is 0 Å². The van der Waals surface area contributed by atoms with E-state index in [0.29, 0.717) is 24.8 Å². The van der Waals surface area contributed by atoms with Gasteiger partial charge in [-0.2, -0.15) is 12.7 Å². The lowest BCUT2D eigenvalue weighted by Gasteiger charge is -2.31. The summed E-state index contributed by atoms with van der Waals surface area (Å²) in [7, 11) is -3.48. The molecule has 112 valence electrons. The largest absolute Gasteiger partial charge is 0.317 e. The van der Waals surface area contributed by atoms with Gasteiger partial charge in [0.05, 0.1) is 0 Å². The Bertz CT molecular complexity index is 498. The van der Waals surface area contributed by atoms with E-state index in [1.54, 1.807) is 24.4 Å². The third-order valence-electron chi connectivity index (χ3n) is 3.49. The monoisotopic (exact) mass is 298 g/mol. The van der Waals surface area contributed by atoms with E-state index in [4.69, 9.17) is 0 Å². The Hall–Kier alpha value is -1.18. The molecule has 1 fully saturated rings. The summed E-state index contributed by atoms with van der Waals surface area (Å²) >= 11 is 0. The van der Waals surface area contributed by atoms with Gasteiger partial charge in [0.15, 0.2) is 0 Å². The first-order valence-corrected chi connectivity index (χ1v) is 8.45. The van der Waals surface area contributed by atoms with Crippen molar-refractivity contribution in [3.8, 4) is 0 Å². The van der Waals surface area contributed by atoms with Crippen LogP contribution in [0.4, 0.5) is 5.82 Å². The topological polar surface area (TPSA) is 74.3 Å². The van der Waals surface area contributed by atoms with Gasteiger partial charge in [-0.25, -0.2) is 4.98 Å². The third-order valence-corrected chi connectivity index (χ3v) is 5.01. The van der Waals surface area contributed by atoms with Gasteiger partial charge in [-0.1, -0.05) is 13.0 Å². The summed E-state index contributed by atoms with van der Waals surface area (Å²) in [5.41, 5.74) is 0. The molecule has 0 bridgehead atoms. The second kappa shape index (κ2) is 7.01. The Morgan fingerprint density at radius 2 is 2.10 bits per heavy atom. The van der Waals surface area contributed by atoms with Crippen molar-refractivity contribution in [2.45, 2.75) is 19.8 Å². The van der Waals surface area contributed by atoms with Gasteiger partial charge in [-0.3, -0.25) is 4.72 Å². The first kappa shape index (κ1) is 15.2. The lowest BCUT2D eigenvalue weighted by molar-refractivity contribution is 0.269. The number of nitrogens with zero attached hydrogens (tertiary/aromatic N) is 2. The number of rotatable bonds is 6. The van der Waals surface area contributed by atoms with E-state index in [1.165, 1.54) is 4.31 Å². The van der Waals surface area contributed by atoms with Crippen LogP contribution in [0, 0.1) is 5.92 Å². The van der Waals surface area contributed by atoms with Crippen LogP contribution in [0.1, 0.15) is 19.8 Å². The van der Waals surface area contributed by atoms with Crippen LogP contribution >= 0.6 is 0 Å². The highest BCUT2D eigenvalue weighted by molar-refractivity contribution is 7.90. The Morgan fingerprint density at radius 3 is 2.70 bits per heavy atom. The quantitative estimate of drug-likeness (QED) is 0.823. The first-order chi connectivity index (χ1) is 9.62. The highest BCUT2D eigenvalue weighted by atomic mass is 32.2. The molecule has 1 aromatic rings. The fourth-order valence-electron chi connectivity index (χ4n) is 2.32. The van der Waals surface area contributed by atoms with Gasteiger partial charge in [-0.15, -0.1) is 0 Å². The summed E-state index contributed by atoms with van der Waals surface area (Å²) in [4.78, 5) is 3.99. The van der Waals surface area contributed by atoms with Crippen LogP contribution in [0.15, 0.2) is 24.4 Å². The fourth-order valence-corrected chi connectivity index (χ4v) is 3.53. The van der Waals surface area contributed by atoms with Crippen molar-refractivity contribution < 1.29 is 8.42 Å². The Labute approximate surface area is 120 Å². The summed E-state index contributed by atoms with van der Waals surface area (Å²) < 4.78 is 28.5. The zero-order chi connectivity index (χ0) is 14.4. The molecule has 2 heterocycles. The molecule has 0 saturated carbocycles. The molecule has 0 radical (unpaired) electrons. The van der Waals surface area contributed by atoms with Crippen molar-refractivity contribution in [1.29, 1.82) is 0 Å². The Kier molecular flexibility index (Phi) is 5.33. The molecule has 0 aliphatic carbocycles. The van der Waals surface area contributed by atoms with Crippen molar-refractivity contribution in [3.05, 3.63) is 24.4 Å².